The van der Waals surface area contributed by atoms with Crippen molar-refractivity contribution in [2.24, 2.45) is 5.73 Å². The lowest BCUT2D eigenvalue weighted by Crippen LogP contribution is -2.12. The topological polar surface area (TPSA) is 52.3 Å². The van der Waals surface area contributed by atoms with Gasteiger partial charge in [0.05, 0.1) is 0 Å². The molecule has 1 amide bonds. The minimum Gasteiger partial charge on any atom is -0.489 e. The molecule has 0 spiro atoms. The molecule has 2 rings (SSSR count). The number of carbonyl (C=O) groups is 1. The van der Waals surface area contributed by atoms with Gasteiger partial charge in [0.2, 0.25) is 5.91 Å². The smallest absolute Gasteiger partial charge is 0.248 e. The normalized spacial score (nSPS) is 10.2. The van der Waals surface area contributed by atoms with Gasteiger partial charge in [-0.05, 0) is 30.3 Å². The van der Waals surface area contributed by atoms with Crippen LogP contribution in [0.25, 0.3) is 0 Å². The van der Waals surface area contributed by atoms with Gasteiger partial charge in [0.15, 0.2) is 0 Å². The molecule has 3 nitrogen and oxygen atoms in total. The molecule has 0 saturated carbocycles. The molecular formula is C14H11F2NO2. The fourth-order valence-corrected chi connectivity index (χ4v) is 1.56. The number of carbonyl (C=O) groups excluding carboxylic acids is 1. The van der Waals surface area contributed by atoms with E-state index in [1.165, 1.54) is 30.3 Å². The Labute approximate surface area is 108 Å². The van der Waals surface area contributed by atoms with Gasteiger partial charge in [-0.3, -0.25) is 4.79 Å². The number of hydrogen-bond donors (Lipinski definition) is 1. The number of benzene rings is 2. The second kappa shape index (κ2) is 5.48. The summed E-state index contributed by atoms with van der Waals surface area (Å²) in [5.41, 5.74) is 5.48. The highest BCUT2D eigenvalue weighted by Gasteiger charge is 2.08. The van der Waals surface area contributed by atoms with E-state index in [9.17, 15) is 13.6 Å². The summed E-state index contributed by atoms with van der Waals surface area (Å²) < 4.78 is 31.7. The zero-order valence-corrected chi connectivity index (χ0v) is 9.90. The van der Waals surface area contributed by atoms with Gasteiger partial charge in [-0.15, -0.1) is 0 Å². The van der Waals surface area contributed by atoms with Gasteiger partial charge in [-0.25, -0.2) is 8.78 Å². The van der Waals surface area contributed by atoms with Gasteiger partial charge in [-0.2, -0.15) is 0 Å². The van der Waals surface area contributed by atoms with Gasteiger partial charge in [0.25, 0.3) is 0 Å². The van der Waals surface area contributed by atoms with E-state index in [1.807, 2.05) is 0 Å². The Morgan fingerprint density at radius 3 is 2.63 bits per heavy atom. The van der Waals surface area contributed by atoms with Crippen LogP contribution < -0.4 is 10.5 Å². The number of halogens is 2. The molecule has 19 heavy (non-hydrogen) atoms. The Hall–Kier alpha value is -2.43. The van der Waals surface area contributed by atoms with Gasteiger partial charge >= 0.3 is 0 Å². The van der Waals surface area contributed by atoms with Crippen molar-refractivity contribution in [2.45, 2.75) is 6.61 Å². The highest BCUT2D eigenvalue weighted by molar-refractivity contribution is 5.92. The molecule has 0 aliphatic carbocycles. The second-order valence-corrected chi connectivity index (χ2v) is 3.92. The van der Waals surface area contributed by atoms with Gasteiger partial charge in [0, 0.05) is 17.2 Å². The first-order chi connectivity index (χ1) is 9.06. The van der Waals surface area contributed by atoms with Crippen LogP contribution >= 0.6 is 0 Å². The van der Waals surface area contributed by atoms with Crippen LogP contribution in [0.5, 0.6) is 5.75 Å². The Morgan fingerprint density at radius 1 is 1.16 bits per heavy atom. The number of primary amides is 1. The molecule has 0 heterocycles. The molecule has 98 valence electrons. The summed E-state index contributed by atoms with van der Waals surface area (Å²) >= 11 is 0. The van der Waals surface area contributed by atoms with E-state index in [4.69, 9.17) is 10.5 Å². The van der Waals surface area contributed by atoms with Crippen LogP contribution in [0.1, 0.15) is 15.9 Å². The van der Waals surface area contributed by atoms with Crippen molar-refractivity contribution in [3.63, 3.8) is 0 Å². The number of ether oxygens (including phenoxy) is 1. The van der Waals surface area contributed by atoms with Crippen molar-refractivity contribution in [1.82, 2.24) is 0 Å². The van der Waals surface area contributed by atoms with E-state index in [0.29, 0.717) is 0 Å². The molecule has 2 N–H and O–H groups in total. The lowest BCUT2D eigenvalue weighted by atomic mass is 10.1. The number of rotatable bonds is 4. The van der Waals surface area contributed by atoms with Gasteiger partial charge in [-0.1, -0.05) is 6.07 Å². The fourth-order valence-electron chi connectivity index (χ4n) is 1.56. The average Bonchev–Trinajstić information content (AvgIpc) is 2.37. The minimum absolute atomic E-state index is 0.115. The Balaban J connectivity index is 2.15. The fraction of sp³-hybridized carbons (Fsp3) is 0.0714. The summed E-state index contributed by atoms with van der Waals surface area (Å²) in [4.78, 5) is 11.0. The minimum atomic E-state index is -0.646. The third-order valence-corrected chi connectivity index (χ3v) is 2.52. The predicted molar refractivity (Wildman–Crippen MR) is 65.6 cm³/mol. The van der Waals surface area contributed by atoms with Crippen molar-refractivity contribution in [2.75, 3.05) is 0 Å². The Kier molecular flexibility index (Phi) is 3.75. The van der Waals surface area contributed by atoms with Crippen LogP contribution in [-0.2, 0) is 6.61 Å². The standard InChI is InChI=1S/C14H11F2NO2/c15-11-2-1-3-12(7-11)19-8-10-6-9(14(17)18)4-5-13(10)16/h1-7H,8H2,(H2,17,18). The third kappa shape index (κ3) is 3.28. The van der Waals surface area contributed by atoms with Crippen LogP contribution in [0.3, 0.4) is 0 Å². The molecular weight excluding hydrogens is 252 g/mol. The van der Waals surface area contributed by atoms with Gasteiger partial charge < -0.3 is 10.5 Å². The van der Waals surface area contributed by atoms with Crippen molar-refractivity contribution < 1.29 is 18.3 Å². The number of nitrogens with two attached hydrogens (primary N) is 1. The SMILES string of the molecule is NC(=O)c1ccc(F)c(COc2cccc(F)c2)c1. The number of hydrogen-bond acceptors (Lipinski definition) is 2. The van der Waals surface area contributed by atoms with E-state index < -0.39 is 17.5 Å². The molecule has 2 aromatic rings. The van der Waals surface area contributed by atoms with Crippen LogP contribution in [0.2, 0.25) is 0 Å². The van der Waals surface area contributed by atoms with Crippen molar-refractivity contribution >= 4 is 5.91 Å². The zero-order chi connectivity index (χ0) is 13.8. The average molecular weight is 263 g/mol. The molecule has 5 heteroatoms. The van der Waals surface area contributed by atoms with E-state index in [1.54, 1.807) is 6.07 Å². The lowest BCUT2D eigenvalue weighted by Gasteiger charge is -2.08. The zero-order valence-electron chi connectivity index (χ0n) is 9.90. The van der Waals surface area contributed by atoms with E-state index in [-0.39, 0.29) is 23.5 Å². The summed E-state index contributed by atoms with van der Waals surface area (Å²) in [6.45, 7) is -0.115. The number of amides is 1. The maximum Gasteiger partial charge on any atom is 0.248 e. The van der Waals surface area contributed by atoms with Crippen LogP contribution in [0.15, 0.2) is 42.5 Å². The largest absolute Gasteiger partial charge is 0.489 e. The monoisotopic (exact) mass is 263 g/mol. The van der Waals surface area contributed by atoms with Gasteiger partial charge in [0.1, 0.15) is 24.0 Å². The van der Waals surface area contributed by atoms with Crippen LogP contribution in [0.4, 0.5) is 8.78 Å². The summed E-state index contributed by atoms with van der Waals surface area (Å²) in [7, 11) is 0. The van der Waals surface area contributed by atoms with Crippen molar-refractivity contribution in [3.8, 4) is 5.75 Å². The maximum atomic E-state index is 13.5. The summed E-state index contributed by atoms with van der Waals surface area (Å²) in [5, 5.41) is 0. The first-order valence-electron chi connectivity index (χ1n) is 5.53. The second-order valence-electron chi connectivity index (χ2n) is 3.92. The van der Waals surface area contributed by atoms with Crippen LogP contribution in [-0.4, -0.2) is 5.91 Å². The molecule has 2 aromatic carbocycles. The molecule has 0 bridgehead atoms. The third-order valence-electron chi connectivity index (χ3n) is 2.52. The Bertz CT molecular complexity index is 614. The first kappa shape index (κ1) is 13.0. The van der Waals surface area contributed by atoms with Crippen molar-refractivity contribution in [3.05, 3.63) is 65.2 Å². The summed E-state index contributed by atoms with van der Waals surface area (Å²) in [5.74, 6) is -1.32. The van der Waals surface area contributed by atoms with Crippen LogP contribution in [0, 0.1) is 11.6 Å². The quantitative estimate of drug-likeness (QED) is 0.921. The maximum absolute atomic E-state index is 13.5. The highest BCUT2D eigenvalue weighted by atomic mass is 19.1. The molecule has 0 unspecified atom stereocenters. The predicted octanol–water partition coefficient (Wildman–Crippen LogP) is 2.64. The molecule has 0 atom stereocenters. The molecule has 0 fully saturated rings. The molecule has 0 aliphatic rings. The van der Waals surface area contributed by atoms with Crippen molar-refractivity contribution in [1.29, 1.82) is 0 Å². The molecule has 0 saturated heterocycles. The van der Waals surface area contributed by atoms with E-state index in [2.05, 4.69) is 0 Å². The lowest BCUT2D eigenvalue weighted by molar-refractivity contribution is 0.1000. The Morgan fingerprint density at radius 2 is 1.95 bits per heavy atom. The molecule has 0 radical (unpaired) electrons. The summed E-state index contributed by atoms with van der Waals surface area (Å²) in [6, 6.07) is 9.27. The summed E-state index contributed by atoms with van der Waals surface area (Å²) in [6.07, 6.45) is 0. The molecule has 0 aliphatic heterocycles. The van der Waals surface area contributed by atoms with E-state index in [0.717, 1.165) is 6.07 Å². The molecule has 0 aromatic heterocycles. The van der Waals surface area contributed by atoms with E-state index >= 15 is 0 Å². The first-order valence-corrected chi connectivity index (χ1v) is 5.53. The highest BCUT2D eigenvalue weighted by Crippen LogP contribution is 2.16.